The number of aliphatic carboxylic acids is 2. The largest absolute Gasteiger partial charge is 0.494 e. The van der Waals surface area contributed by atoms with Crippen molar-refractivity contribution >= 4 is 44.1 Å². The van der Waals surface area contributed by atoms with Crippen LogP contribution in [-0.4, -0.2) is 76.9 Å². The molecular weight excluding hydrogens is 610 g/mol. The number of aryl methyl sites for hydroxylation is 1. The van der Waals surface area contributed by atoms with E-state index >= 15 is 0 Å². The Morgan fingerprint density at radius 1 is 0.957 bits per heavy atom. The maximum absolute atomic E-state index is 13.2. The lowest BCUT2D eigenvalue weighted by molar-refractivity contribution is -0.159. The maximum Gasteiger partial charge on any atom is 0.414 e. The lowest BCUT2D eigenvalue weighted by Gasteiger charge is -2.26. The Hall–Kier alpha value is -4.65. The zero-order valence-electron chi connectivity index (χ0n) is 26.0. The van der Waals surface area contributed by atoms with Gasteiger partial charge in [0.2, 0.25) is 10.0 Å². The minimum Gasteiger partial charge on any atom is -0.494 e. The standard InChI is InChI=1S/C32H37N3O4S.C2H2O4/c1-4-39-28-13-11-26(12-14-28)33-21-27(36)22-35-24(3)32(30-7-5-6-8-31(30)35)25-17-19-34(20-18-25)40(37,38)29-15-9-23(2)10-16-29;3-1(4)2(5)6/h5-17,27,33,36H,4,18-22H2,1-3H3;(H,3,4)(H,5,6). The highest BCUT2D eigenvalue weighted by atomic mass is 32.2. The van der Waals surface area contributed by atoms with Gasteiger partial charge in [0.15, 0.2) is 0 Å². The Bertz CT molecular complexity index is 1800. The quantitative estimate of drug-likeness (QED) is 0.178. The molecule has 1 aliphatic heterocycles. The van der Waals surface area contributed by atoms with Gasteiger partial charge in [-0.05, 0) is 75.2 Å². The fraction of sp³-hybridized carbons (Fsp3) is 0.294. The number of carbonyl (C=O) groups is 2. The number of nitrogens with zero attached hydrogens (tertiary/aromatic N) is 2. The Balaban J connectivity index is 0.000000731. The molecule has 4 N–H and O–H groups in total. The second kappa shape index (κ2) is 15.1. The predicted octanol–water partition coefficient (Wildman–Crippen LogP) is 4.76. The van der Waals surface area contributed by atoms with Crippen molar-refractivity contribution in [3.05, 3.63) is 95.7 Å². The number of ether oxygens (including phenoxy) is 1. The fourth-order valence-corrected chi connectivity index (χ4v) is 6.75. The molecule has 1 atom stereocenters. The van der Waals surface area contributed by atoms with Crippen LogP contribution in [0.5, 0.6) is 5.75 Å². The molecule has 1 unspecified atom stereocenters. The number of para-hydroxylation sites is 1. The third kappa shape index (κ3) is 8.13. The fourth-order valence-electron chi connectivity index (χ4n) is 5.37. The molecule has 0 amide bonds. The average molecular weight is 650 g/mol. The molecule has 1 aliphatic rings. The topological polar surface area (TPSA) is 158 Å². The summed E-state index contributed by atoms with van der Waals surface area (Å²) < 4.78 is 35.6. The van der Waals surface area contributed by atoms with Crippen molar-refractivity contribution in [2.45, 2.75) is 44.7 Å². The van der Waals surface area contributed by atoms with E-state index in [0.717, 1.165) is 44.7 Å². The molecule has 0 bridgehead atoms. The Morgan fingerprint density at radius 3 is 2.20 bits per heavy atom. The summed E-state index contributed by atoms with van der Waals surface area (Å²) >= 11 is 0. The van der Waals surface area contributed by atoms with Crippen LogP contribution in [0.3, 0.4) is 0 Å². The van der Waals surface area contributed by atoms with Gasteiger partial charge in [-0.15, -0.1) is 0 Å². The number of sulfonamides is 1. The van der Waals surface area contributed by atoms with Crippen LogP contribution in [0.25, 0.3) is 16.5 Å². The van der Waals surface area contributed by atoms with Gasteiger partial charge in [-0.1, -0.05) is 42.0 Å². The number of hydrogen-bond acceptors (Lipinski definition) is 7. The van der Waals surface area contributed by atoms with Crippen LogP contribution in [0.1, 0.15) is 30.2 Å². The minimum atomic E-state index is -3.55. The summed E-state index contributed by atoms with van der Waals surface area (Å²) in [6, 6.07) is 23.0. The summed E-state index contributed by atoms with van der Waals surface area (Å²) in [7, 11) is -3.55. The van der Waals surface area contributed by atoms with Gasteiger partial charge in [-0.2, -0.15) is 4.31 Å². The Morgan fingerprint density at radius 2 is 1.61 bits per heavy atom. The first-order valence-corrected chi connectivity index (χ1v) is 16.3. The van der Waals surface area contributed by atoms with Crippen molar-refractivity contribution in [3.8, 4) is 5.75 Å². The van der Waals surface area contributed by atoms with E-state index < -0.39 is 28.1 Å². The van der Waals surface area contributed by atoms with Gasteiger partial charge in [0.1, 0.15) is 5.75 Å². The molecule has 0 saturated carbocycles. The molecule has 11 nitrogen and oxygen atoms in total. The number of nitrogens with one attached hydrogen (secondary N) is 1. The van der Waals surface area contributed by atoms with Gasteiger partial charge < -0.3 is 29.9 Å². The summed E-state index contributed by atoms with van der Waals surface area (Å²) in [6.45, 7) is 8.22. The second-order valence-electron chi connectivity index (χ2n) is 10.8. The highest BCUT2D eigenvalue weighted by Gasteiger charge is 2.28. The molecule has 244 valence electrons. The number of aliphatic hydroxyl groups excluding tert-OH is 1. The normalized spacial score (nSPS) is 14.1. The third-order valence-corrected chi connectivity index (χ3v) is 9.55. The third-order valence-electron chi connectivity index (χ3n) is 7.67. The molecule has 46 heavy (non-hydrogen) atoms. The summed E-state index contributed by atoms with van der Waals surface area (Å²) in [5.41, 5.74) is 6.37. The molecule has 0 radical (unpaired) electrons. The summed E-state index contributed by atoms with van der Waals surface area (Å²) in [4.78, 5) is 18.5. The number of anilines is 1. The van der Waals surface area contributed by atoms with Crippen molar-refractivity contribution in [3.63, 3.8) is 0 Å². The van der Waals surface area contributed by atoms with Crippen molar-refractivity contribution in [2.24, 2.45) is 0 Å². The summed E-state index contributed by atoms with van der Waals surface area (Å²) in [5, 5.41) is 30.2. The van der Waals surface area contributed by atoms with Gasteiger partial charge in [0.25, 0.3) is 0 Å². The van der Waals surface area contributed by atoms with Crippen molar-refractivity contribution < 1.29 is 38.1 Å². The molecule has 0 aliphatic carbocycles. The molecule has 1 aromatic heterocycles. The van der Waals surface area contributed by atoms with Crippen molar-refractivity contribution in [1.29, 1.82) is 0 Å². The lowest BCUT2D eigenvalue weighted by Crippen LogP contribution is -2.34. The predicted molar refractivity (Wildman–Crippen MR) is 177 cm³/mol. The molecule has 0 fully saturated rings. The SMILES string of the molecule is CCOc1ccc(NCC(O)Cn2c(C)c(C3=CCN(S(=O)(=O)c4ccc(C)cc4)CC3)c3ccccc32)cc1.O=C(O)C(=O)O. The number of fused-ring (bicyclic) bond motifs is 1. The van der Waals surface area contributed by atoms with E-state index in [1.165, 1.54) is 0 Å². The van der Waals surface area contributed by atoms with Crippen molar-refractivity contribution in [2.75, 3.05) is 31.6 Å². The monoisotopic (exact) mass is 649 g/mol. The summed E-state index contributed by atoms with van der Waals surface area (Å²) in [6.07, 6.45) is 2.06. The number of carboxylic acids is 2. The number of aromatic nitrogens is 1. The molecule has 4 aromatic rings. The van der Waals surface area contributed by atoms with Crippen molar-refractivity contribution in [1.82, 2.24) is 8.87 Å². The maximum atomic E-state index is 13.2. The van der Waals surface area contributed by atoms with Gasteiger partial charge in [-0.3, -0.25) is 0 Å². The second-order valence-corrected chi connectivity index (χ2v) is 12.8. The average Bonchev–Trinajstić information content (AvgIpc) is 3.32. The van der Waals surface area contributed by atoms with Gasteiger partial charge in [0, 0.05) is 47.5 Å². The van der Waals surface area contributed by atoms with Crippen LogP contribution in [-0.2, 0) is 26.2 Å². The number of rotatable bonds is 10. The Labute approximate surface area is 268 Å². The van der Waals surface area contributed by atoms with Gasteiger partial charge in [0.05, 0.1) is 24.2 Å². The molecular formula is C34H39N3O8S. The molecule has 0 saturated heterocycles. The molecule has 5 rings (SSSR count). The van der Waals surface area contributed by atoms with E-state index in [9.17, 15) is 13.5 Å². The Kier molecular flexibility index (Phi) is 11.2. The van der Waals surface area contributed by atoms with Crippen LogP contribution in [0.2, 0.25) is 0 Å². The lowest BCUT2D eigenvalue weighted by atomic mass is 9.97. The van der Waals surface area contributed by atoms with E-state index in [-0.39, 0.29) is 0 Å². The first kappa shape index (κ1) is 34.2. The zero-order valence-corrected chi connectivity index (χ0v) is 26.8. The van der Waals surface area contributed by atoms with E-state index in [1.54, 1.807) is 16.4 Å². The first-order chi connectivity index (χ1) is 21.9. The van der Waals surface area contributed by atoms with Crippen LogP contribution >= 0.6 is 0 Å². The minimum absolute atomic E-state index is 0.329. The summed E-state index contributed by atoms with van der Waals surface area (Å²) in [5.74, 6) is -2.83. The first-order valence-electron chi connectivity index (χ1n) is 14.9. The molecule has 0 spiro atoms. The van der Waals surface area contributed by atoms with Crippen LogP contribution < -0.4 is 10.1 Å². The number of carboxylic acid groups (broad SMARTS) is 2. The van der Waals surface area contributed by atoms with Crippen LogP contribution in [0.15, 0.2) is 83.8 Å². The number of hydrogen-bond donors (Lipinski definition) is 4. The molecule has 12 heteroatoms. The van der Waals surface area contributed by atoms with E-state index in [2.05, 4.69) is 28.9 Å². The van der Waals surface area contributed by atoms with E-state index in [0.29, 0.717) is 44.1 Å². The molecule has 2 heterocycles. The van der Waals surface area contributed by atoms with E-state index in [4.69, 9.17) is 24.5 Å². The molecule has 3 aromatic carbocycles. The van der Waals surface area contributed by atoms with Gasteiger partial charge >= 0.3 is 11.9 Å². The van der Waals surface area contributed by atoms with E-state index in [1.807, 2.05) is 68.5 Å². The zero-order chi connectivity index (χ0) is 33.4. The highest BCUT2D eigenvalue weighted by molar-refractivity contribution is 7.89. The number of aliphatic hydroxyl groups is 1. The smallest absolute Gasteiger partial charge is 0.414 e. The van der Waals surface area contributed by atoms with Crippen LogP contribution in [0, 0.1) is 13.8 Å². The van der Waals surface area contributed by atoms with Gasteiger partial charge in [-0.25, -0.2) is 18.0 Å². The highest BCUT2D eigenvalue weighted by Crippen LogP contribution is 2.35. The van der Waals surface area contributed by atoms with Crippen LogP contribution in [0.4, 0.5) is 5.69 Å². The number of benzene rings is 3.